The summed E-state index contributed by atoms with van der Waals surface area (Å²) in [6.07, 6.45) is 1.65. The number of halogens is 2. The van der Waals surface area contributed by atoms with E-state index in [0.29, 0.717) is 37.3 Å². The van der Waals surface area contributed by atoms with E-state index in [1.165, 1.54) is 29.8 Å². The zero-order valence-corrected chi connectivity index (χ0v) is 22.4. The average Bonchev–Trinajstić information content (AvgIpc) is 3.07. The molecule has 1 aliphatic rings. The topological polar surface area (TPSA) is 89.8 Å². The van der Waals surface area contributed by atoms with E-state index in [4.69, 9.17) is 4.74 Å². The van der Waals surface area contributed by atoms with Crippen LogP contribution in [0.4, 0.5) is 10.5 Å². The molecule has 7 nitrogen and oxygen atoms in total. The van der Waals surface area contributed by atoms with Crippen LogP contribution in [0.5, 0.6) is 5.75 Å². The third-order valence-corrected chi connectivity index (χ3v) is 7.27. The zero-order chi connectivity index (χ0) is 25.1. The molecule has 3 aromatic rings. The Balaban J connectivity index is 1.47. The molecule has 1 fully saturated rings. The summed E-state index contributed by atoms with van der Waals surface area (Å²) < 4.78 is 7.38. The van der Waals surface area contributed by atoms with Crippen molar-refractivity contribution < 1.29 is 19.2 Å². The van der Waals surface area contributed by atoms with Gasteiger partial charge in [0, 0.05) is 12.1 Å². The number of ether oxygens (including phenoxy) is 1. The maximum absolute atomic E-state index is 12.9. The number of nitro groups is 1. The van der Waals surface area contributed by atoms with Gasteiger partial charge in [0.05, 0.1) is 25.3 Å². The standard InChI is InChI=1S/C25H18Br2N2O5S/c1-15-2-4-17(5-3-15)14-34-23-20(26)10-18(11-21(23)27)12-22-24(30)28(25(31)35-22)13-16-6-8-19(9-7-16)29(32)33/h2-12H,13-14H2,1H3/b22-12-. The van der Waals surface area contributed by atoms with Crippen LogP contribution in [0.1, 0.15) is 22.3 Å². The Morgan fingerprint density at radius 3 is 2.20 bits per heavy atom. The van der Waals surface area contributed by atoms with Gasteiger partial charge in [-0.05, 0) is 85.4 Å². The van der Waals surface area contributed by atoms with Gasteiger partial charge in [0.1, 0.15) is 12.4 Å². The van der Waals surface area contributed by atoms with Crippen molar-refractivity contribution in [1.82, 2.24) is 4.90 Å². The van der Waals surface area contributed by atoms with E-state index in [0.717, 1.165) is 22.2 Å². The highest BCUT2D eigenvalue weighted by Crippen LogP contribution is 2.38. The second kappa shape index (κ2) is 10.8. The molecule has 0 N–H and O–H groups in total. The maximum atomic E-state index is 12.9. The number of carbonyl (C=O) groups excluding carboxylic acids is 2. The monoisotopic (exact) mass is 616 g/mol. The second-order valence-electron chi connectivity index (χ2n) is 7.78. The number of imide groups is 1. The highest BCUT2D eigenvalue weighted by molar-refractivity contribution is 9.11. The Bertz CT molecular complexity index is 1320. The van der Waals surface area contributed by atoms with E-state index in [-0.39, 0.29) is 12.2 Å². The molecule has 3 aromatic carbocycles. The van der Waals surface area contributed by atoms with Gasteiger partial charge in [0.2, 0.25) is 0 Å². The van der Waals surface area contributed by atoms with Crippen LogP contribution in [0, 0.1) is 17.0 Å². The number of hydrogen-bond donors (Lipinski definition) is 0. The number of thioether (sulfide) groups is 1. The Labute approximate surface area is 222 Å². The molecule has 4 rings (SSSR count). The third kappa shape index (κ3) is 6.01. The van der Waals surface area contributed by atoms with Gasteiger partial charge in [-0.25, -0.2) is 0 Å². The fourth-order valence-electron chi connectivity index (χ4n) is 3.33. The van der Waals surface area contributed by atoms with Crippen molar-refractivity contribution in [2.24, 2.45) is 0 Å². The van der Waals surface area contributed by atoms with Crippen LogP contribution in [0.2, 0.25) is 0 Å². The number of rotatable bonds is 7. The summed E-state index contributed by atoms with van der Waals surface area (Å²) in [6, 6.07) is 17.5. The third-order valence-electron chi connectivity index (χ3n) is 5.18. The molecule has 35 heavy (non-hydrogen) atoms. The summed E-state index contributed by atoms with van der Waals surface area (Å²) in [7, 11) is 0. The number of hydrogen-bond acceptors (Lipinski definition) is 6. The van der Waals surface area contributed by atoms with E-state index in [1.807, 2.05) is 43.3 Å². The summed E-state index contributed by atoms with van der Waals surface area (Å²) in [5, 5.41) is 10.4. The van der Waals surface area contributed by atoms with Crippen LogP contribution in [0.3, 0.4) is 0 Å². The lowest BCUT2D eigenvalue weighted by Crippen LogP contribution is -2.27. The lowest BCUT2D eigenvalue weighted by molar-refractivity contribution is -0.384. The number of non-ortho nitro benzene ring substituents is 1. The van der Waals surface area contributed by atoms with Gasteiger partial charge < -0.3 is 4.74 Å². The highest BCUT2D eigenvalue weighted by atomic mass is 79.9. The van der Waals surface area contributed by atoms with Gasteiger partial charge in [0.15, 0.2) is 0 Å². The molecule has 0 aromatic heterocycles. The minimum Gasteiger partial charge on any atom is -0.487 e. The van der Waals surface area contributed by atoms with Gasteiger partial charge in [0.25, 0.3) is 16.8 Å². The fraction of sp³-hybridized carbons (Fsp3) is 0.120. The molecule has 1 saturated heterocycles. The molecule has 178 valence electrons. The molecular weight excluding hydrogens is 600 g/mol. The van der Waals surface area contributed by atoms with E-state index >= 15 is 0 Å². The van der Waals surface area contributed by atoms with Crippen molar-refractivity contribution in [2.75, 3.05) is 0 Å². The van der Waals surface area contributed by atoms with Crippen molar-refractivity contribution >= 4 is 66.5 Å². The zero-order valence-electron chi connectivity index (χ0n) is 18.4. The van der Waals surface area contributed by atoms with E-state index in [1.54, 1.807) is 6.08 Å². The summed E-state index contributed by atoms with van der Waals surface area (Å²) >= 11 is 7.92. The van der Waals surface area contributed by atoms with Crippen molar-refractivity contribution in [1.29, 1.82) is 0 Å². The molecular formula is C25H18Br2N2O5S. The van der Waals surface area contributed by atoms with Gasteiger partial charge in [-0.1, -0.05) is 42.0 Å². The molecule has 0 saturated carbocycles. The van der Waals surface area contributed by atoms with Crippen LogP contribution >= 0.6 is 43.6 Å². The van der Waals surface area contributed by atoms with Crippen molar-refractivity contribution in [3.63, 3.8) is 0 Å². The number of nitro benzene ring substituents is 1. The first-order valence-electron chi connectivity index (χ1n) is 10.4. The molecule has 0 radical (unpaired) electrons. The molecule has 0 spiro atoms. The van der Waals surface area contributed by atoms with Gasteiger partial charge in [-0.3, -0.25) is 24.6 Å². The largest absolute Gasteiger partial charge is 0.487 e. The summed E-state index contributed by atoms with van der Waals surface area (Å²) in [4.78, 5) is 37.1. The first-order chi connectivity index (χ1) is 16.7. The lowest BCUT2D eigenvalue weighted by atomic mass is 10.1. The molecule has 0 atom stereocenters. The van der Waals surface area contributed by atoms with Crippen LogP contribution in [-0.4, -0.2) is 21.0 Å². The highest BCUT2D eigenvalue weighted by Gasteiger charge is 2.35. The summed E-state index contributed by atoms with van der Waals surface area (Å²) in [5.41, 5.74) is 3.51. The normalized spacial score (nSPS) is 14.6. The smallest absolute Gasteiger partial charge is 0.293 e. The maximum Gasteiger partial charge on any atom is 0.293 e. The minimum absolute atomic E-state index is 0.0409. The summed E-state index contributed by atoms with van der Waals surface area (Å²) in [5.74, 6) is 0.222. The molecule has 0 aliphatic carbocycles. The Kier molecular flexibility index (Phi) is 7.73. The minimum atomic E-state index is -0.498. The molecule has 2 amide bonds. The van der Waals surface area contributed by atoms with Crippen LogP contribution in [-0.2, 0) is 17.9 Å². The van der Waals surface area contributed by atoms with Crippen molar-refractivity contribution in [3.05, 3.63) is 107 Å². The molecule has 1 heterocycles. The molecule has 10 heteroatoms. The van der Waals surface area contributed by atoms with Crippen LogP contribution in [0.25, 0.3) is 6.08 Å². The predicted octanol–water partition coefficient (Wildman–Crippen LogP) is 7.24. The first kappa shape index (κ1) is 25.2. The number of aryl methyl sites for hydroxylation is 1. The van der Waals surface area contributed by atoms with Crippen molar-refractivity contribution in [3.8, 4) is 5.75 Å². The Morgan fingerprint density at radius 1 is 1.00 bits per heavy atom. The van der Waals surface area contributed by atoms with E-state index in [9.17, 15) is 19.7 Å². The molecule has 0 unspecified atom stereocenters. The van der Waals surface area contributed by atoms with Crippen LogP contribution in [0.15, 0.2) is 74.5 Å². The number of benzene rings is 3. The number of nitrogens with zero attached hydrogens (tertiary/aromatic N) is 2. The number of carbonyl (C=O) groups is 2. The quantitative estimate of drug-likeness (QED) is 0.158. The van der Waals surface area contributed by atoms with Crippen LogP contribution < -0.4 is 4.74 Å². The molecule has 1 aliphatic heterocycles. The van der Waals surface area contributed by atoms with Crippen molar-refractivity contribution in [2.45, 2.75) is 20.1 Å². The van der Waals surface area contributed by atoms with E-state index < -0.39 is 16.1 Å². The number of amides is 2. The van der Waals surface area contributed by atoms with Gasteiger partial charge in [-0.15, -0.1) is 0 Å². The first-order valence-corrected chi connectivity index (χ1v) is 12.8. The lowest BCUT2D eigenvalue weighted by Gasteiger charge is -2.12. The Morgan fingerprint density at radius 2 is 1.60 bits per heavy atom. The van der Waals surface area contributed by atoms with E-state index in [2.05, 4.69) is 31.9 Å². The SMILES string of the molecule is Cc1ccc(COc2c(Br)cc(/C=C3\SC(=O)N(Cc4ccc([N+](=O)[O-])cc4)C3=O)cc2Br)cc1. The average molecular weight is 618 g/mol. The molecule has 0 bridgehead atoms. The van der Waals surface area contributed by atoms with Gasteiger partial charge in [-0.2, -0.15) is 0 Å². The second-order valence-corrected chi connectivity index (χ2v) is 10.5. The Hall–Kier alpha value is -2.95. The fourth-order valence-corrected chi connectivity index (χ4v) is 5.62. The summed E-state index contributed by atoms with van der Waals surface area (Å²) in [6.45, 7) is 2.47. The van der Waals surface area contributed by atoms with Gasteiger partial charge >= 0.3 is 0 Å². The predicted molar refractivity (Wildman–Crippen MR) is 142 cm³/mol.